The molecule has 2 aromatic heterocycles. The molecule has 0 amide bonds. The standard InChI is InChI=1S/C22H17FN4O2S/c1-12-3-5-15(23)10-17(12)27-21(24-11-25-27)22-26-20-16-6-4-14(13(2)28)9-18(16)29-8-7-19(20)30-22/h3-6,9-11H,7-8H2,1-2H3. The van der Waals surface area contributed by atoms with Crippen molar-refractivity contribution in [3.05, 3.63) is 64.5 Å². The van der Waals surface area contributed by atoms with Gasteiger partial charge in [0.15, 0.2) is 16.6 Å². The second kappa shape index (κ2) is 7.14. The highest BCUT2D eigenvalue weighted by Gasteiger charge is 2.24. The normalized spacial score (nSPS) is 12.6. The first kappa shape index (κ1) is 18.6. The summed E-state index contributed by atoms with van der Waals surface area (Å²) in [5.41, 5.74) is 3.79. The predicted molar refractivity (Wildman–Crippen MR) is 112 cm³/mol. The Morgan fingerprint density at radius 2 is 2.10 bits per heavy atom. The molecule has 0 saturated carbocycles. The lowest BCUT2D eigenvalue weighted by Gasteiger charge is -2.09. The fourth-order valence-electron chi connectivity index (χ4n) is 3.51. The second-order valence-electron chi connectivity index (χ2n) is 7.08. The quantitative estimate of drug-likeness (QED) is 0.452. The maximum absolute atomic E-state index is 13.8. The van der Waals surface area contributed by atoms with Crippen LogP contribution in [0.5, 0.6) is 5.75 Å². The Balaban J connectivity index is 1.63. The number of nitrogens with zero attached hydrogens (tertiary/aromatic N) is 4. The Hall–Kier alpha value is -3.39. The van der Waals surface area contributed by atoms with Gasteiger partial charge in [0.1, 0.15) is 17.9 Å². The number of aryl methyl sites for hydroxylation is 1. The summed E-state index contributed by atoms with van der Waals surface area (Å²) < 4.78 is 21.3. The SMILES string of the molecule is CC(=O)c1ccc2c(c1)OCCc1sc(-c3ncnn3-c3cc(F)ccc3C)nc1-2. The second-order valence-corrected chi connectivity index (χ2v) is 8.17. The molecule has 3 heterocycles. The van der Waals surface area contributed by atoms with Crippen LogP contribution in [0.15, 0.2) is 42.7 Å². The molecule has 2 aromatic carbocycles. The van der Waals surface area contributed by atoms with Gasteiger partial charge < -0.3 is 4.74 Å². The van der Waals surface area contributed by atoms with E-state index in [0.717, 1.165) is 21.7 Å². The average molecular weight is 420 g/mol. The zero-order valence-corrected chi connectivity index (χ0v) is 17.2. The summed E-state index contributed by atoms with van der Waals surface area (Å²) >= 11 is 1.52. The third-order valence-electron chi connectivity index (χ3n) is 5.07. The molecule has 8 heteroatoms. The number of Topliss-reactive ketones (excluding diaryl/α,β-unsaturated/α-hetero) is 1. The summed E-state index contributed by atoms with van der Waals surface area (Å²) in [6.07, 6.45) is 2.15. The molecule has 6 nitrogen and oxygen atoms in total. The maximum atomic E-state index is 13.8. The van der Waals surface area contributed by atoms with Gasteiger partial charge in [-0.2, -0.15) is 5.10 Å². The van der Waals surface area contributed by atoms with Gasteiger partial charge in [-0.25, -0.2) is 19.0 Å². The van der Waals surface area contributed by atoms with Crippen LogP contribution < -0.4 is 4.74 Å². The number of hydrogen-bond acceptors (Lipinski definition) is 6. The molecule has 0 bridgehead atoms. The van der Waals surface area contributed by atoms with Gasteiger partial charge in [0.25, 0.3) is 0 Å². The van der Waals surface area contributed by atoms with Crippen LogP contribution in [-0.2, 0) is 6.42 Å². The Morgan fingerprint density at radius 3 is 2.93 bits per heavy atom. The summed E-state index contributed by atoms with van der Waals surface area (Å²) in [6, 6.07) is 10.0. The Labute approximate surface area is 176 Å². The lowest BCUT2D eigenvalue weighted by molar-refractivity contribution is 0.101. The highest BCUT2D eigenvalue weighted by Crippen LogP contribution is 2.40. The molecule has 0 atom stereocenters. The molecule has 1 aliphatic rings. The van der Waals surface area contributed by atoms with Crippen LogP contribution in [0.3, 0.4) is 0 Å². The summed E-state index contributed by atoms with van der Waals surface area (Å²) in [5, 5.41) is 5.01. The highest BCUT2D eigenvalue weighted by atomic mass is 32.1. The number of ketones is 1. The van der Waals surface area contributed by atoms with Gasteiger partial charge in [-0.3, -0.25) is 4.79 Å². The zero-order valence-electron chi connectivity index (χ0n) is 16.3. The maximum Gasteiger partial charge on any atom is 0.192 e. The number of benzene rings is 2. The van der Waals surface area contributed by atoms with Gasteiger partial charge in [0.2, 0.25) is 0 Å². The number of thiazole rings is 1. The van der Waals surface area contributed by atoms with E-state index < -0.39 is 0 Å². The smallest absolute Gasteiger partial charge is 0.192 e. The van der Waals surface area contributed by atoms with Crippen LogP contribution in [-0.4, -0.2) is 32.1 Å². The first-order valence-electron chi connectivity index (χ1n) is 9.46. The molecule has 0 N–H and O–H groups in total. The average Bonchev–Trinajstić information content (AvgIpc) is 3.33. The molecule has 0 saturated heterocycles. The lowest BCUT2D eigenvalue weighted by atomic mass is 10.0. The monoisotopic (exact) mass is 420 g/mol. The van der Waals surface area contributed by atoms with Crippen LogP contribution in [0.1, 0.15) is 27.7 Å². The minimum absolute atomic E-state index is 0.0107. The van der Waals surface area contributed by atoms with E-state index in [9.17, 15) is 9.18 Å². The van der Waals surface area contributed by atoms with Crippen molar-refractivity contribution in [2.24, 2.45) is 0 Å². The van der Waals surface area contributed by atoms with Gasteiger partial charge in [-0.05, 0) is 43.7 Å². The van der Waals surface area contributed by atoms with E-state index in [1.54, 1.807) is 22.9 Å². The van der Waals surface area contributed by atoms with Crippen molar-refractivity contribution in [1.29, 1.82) is 0 Å². The zero-order chi connectivity index (χ0) is 20.8. The number of halogens is 1. The van der Waals surface area contributed by atoms with Gasteiger partial charge in [0.05, 0.1) is 18.0 Å². The Bertz CT molecular complexity index is 1290. The summed E-state index contributed by atoms with van der Waals surface area (Å²) in [4.78, 5) is 22.0. The van der Waals surface area contributed by atoms with Crippen molar-refractivity contribution in [1.82, 2.24) is 19.7 Å². The Kier molecular flexibility index (Phi) is 4.43. The van der Waals surface area contributed by atoms with Gasteiger partial charge in [-0.15, -0.1) is 11.3 Å². The topological polar surface area (TPSA) is 69.9 Å². The number of carbonyl (C=O) groups is 1. The van der Waals surface area contributed by atoms with Crippen molar-refractivity contribution in [3.8, 4) is 33.5 Å². The molecular formula is C22H17FN4O2S. The minimum Gasteiger partial charge on any atom is -0.492 e. The minimum atomic E-state index is -0.334. The highest BCUT2D eigenvalue weighted by molar-refractivity contribution is 7.15. The molecule has 30 heavy (non-hydrogen) atoms. The molecule has 0 aliphatic carbocycles. The molecule has 0 spiro atoms. The Morgan fingerprint density at radius 1 is 1.23 bits per heavy atom. The number of hydrogen-bond donors (Lipinski definition) is 0. The van der Waals surface area contributed by atoms with Crippen molar-refractivity contribution in [3.63, 3.8) is 0 Å². The first-order valence-corrected chi connectivity index (χ1v) is 10.3. The van der Waals surface area contributed by atoms with E-state index in [1.807, 2.05) is 13.0 Å². The van der Waals surface area contributed by atoms with E-state index in [-0.39, 0.29) is 11.6 Å². The fraction of sp³-hybridized carbons (Fsp3) is 0.182. The third-order valence-corrected chi connectivity index (χ3v) is 6.18. The molecular weight excluding hydrogens is 403 g/mol. The largest absolute Gasteiger partial charge is 0.492 e. The van der Waals surface area contributed by atoms with Crippen LogP contribution >= 0.6 is 11.3 Å². The fourth-order valence-corrected chi connectivity index (χ4v) is 4.55. The molecule has 0 fully saturated rings. The first-order chi connectivity index (χ1) is 14.5. The van der Waals surface area contributed by atoms with Crippen molar-refractivity contribution in [2.45, 2.75) is 20.3 Å². The number of fused-ring (bicyclic) bond motifs is 3. The van der Waals surface area contributed by atoms with Crippen molar-refractivity contribution in [2.75, 3.05) is 6.61 Å². The van der Waals surface area contributed by atoms with E-state index in [2.05, 4.69) is 10.1 Å². The van der Waals surface area contributed by atoms with Crippen LogP contribution in [0.2, 0.25) is 0 Å². The predicted octanol–water partition coefficient (Wildman–Crippen LogP) is 4.64. The summed E-state index contributed by atoms with van der Waals surface area (Å²) in [7, 11) is 0. The molecule has 1 aliphatic heterocycles. The van der Waals surface area contributed by atoms with E-state index in [1.165, 1.54) is 36.7 Å². The van der Waals surface area contributed by atoms with Crippen LogP contribution in [0.25, 0.3) is 27.8 Å². The number of rotatable bonds is 3. The summed E-state index contributed by atoms with van der Waals surface area (Å²) in [5.74, 6) is 0.869. The molecule has 0 radical (unpaired) electrons. The van der Waals surface area contributed by atoms with Crippen molar-refractivity contribution >= 4 is 17.1 Å². The van der Waals surface area contributed by atoms with Gasteiger partial charge in [-0.1, -0.05) is 12.1 Å². The molecule has 0 unspecified atom stereocenters. The molecule has 4 aromatic rings. The van der Waals surface area contributed by atoms with E-state index in [0.29, 0.717) is 40.9 Å². The van der Waals surface area contributed by atoms with Gasteiger partial charge >= 0.3 is 0 Å². The van der Waals surface area contributed by atoms with Crippen molar-refractivity contribution < 1.29 is 13.9 Å². The van der Waals surface area contributed by atoms with Gasteiger partial charge in [0, 0.05) is 22.4 Å². The van der Waals surface area contributed by atoms with E-state index in [4.69, 9.17) is 9.72 Å². The van der Waals surface area contributed by atoms with Crippen LogP contribution in [0.4, 0.5) is 4.39 Å². The third kappa shape index (κ3) is 3.09. The number of aromatic nitrogens is 4. The summed E-state index contributed by atoms with van der Waals surface area (Å²) in [6.45, 7) is 3.93. The van der Waals surface area contributed by atoms with Crippen LogP contribution in [0, 0.1) is 12.7 Å². The van der Waals surface area contributed by atoms with E-state index >= 15 is 0 Å². The molecule has 150 valence electrons. The number of carbonyl (C=O) groups excluding carboxylic acids is 1. The lowest BCUT2D eigenvalue weighted by Crippen LogP contribution is -2.02. The molecule has 5 rings (SSSR count). The number of ether oxygens (including phenoxy) is 1.